The standard InChI is InChI=1S/C14H11ClN2O4/c1-7-2-3-20-13(7)14(19)17-9-5-11-10(4-8(9)15)16-12(18)6-21-11/h2-5H,6H2,1H3,(H,16,18)(H,17,19). The molecule has 6 nitrogen and oxygen atoms in total. The number of anilines is 2. The topological polar surface area (TPSA) is 80.6 Å². The molecule has 0 unspecified atom stereocenters. The number of carbonyl (C=O) groups excluding carboxylic acids is 2. The lowest BCUT2D eigenvalue weighted by atomic mass is 10.2. The van der Waals surface area contributed by atoms with Crippen molar-refractivity contribution in [3.63, 3.8) is 0 Å². The lowest BCUT2D eigenvalue weighted by Gasteiger charge is -2.19. The van der Waals surface area contributed by atoms with Crippen molar-refractivity contribution in [3.8, 4) is 5.75 Å². The molecule has 0 saturated carbocycles. The predicted octanol–water partition coefficient (Wildman–Crippen LogP) is 2.82. The Morgan fingerprint density at radius 2 is 2.24 bits per heavy atom. The van der Waals surface area contributed by atoms with Gasteiger partial charge in [-0.05, 0) is 19.1 Å². The van der Waals surface area contributed by atoms with E-state index < -0.39 is 5.91 Å². The number of carbonyl (C=O) groups is 2. The number of hydrogen-bond donors (Lipinski definition) is 2. The normalized spacial score (nSPS) is 13.1. The van der Waals surface area contributed by atoms with Crippen LogP contribution in [0.4, 0.5) is 11.4 Å². The van der Waals surface area contributed by atoms with Crippen LogP contribution >= 0.6 is 11.6 Å². The van der Waals surface area contributed by atoms with Gasteiger partial charge in [0.2, 0.25) is 0 Å². The number of fused-ring (bicyclic) bond motifs is 1. The minimum atomic E-state index is -0.404. The van der Waals surface area contributed by atoms with Crippen molar-refractivity contribution in [2.24, 2.45) is 0 Å². The Morgan fingerprint density at radius 3 is 2.95 bits per heavy atom. The second kappa shape index (κ2) is 5.14. The Morgan fingerprint density at radius 1 is 1.43 bits per heavy atom. The molecule has 108 valence electrons. The number of ether oxygens (including phenoxy) is 1. The summed E-state index contributed by atoms with van der Waals surface area (Å²) >= 11 is 6.10. The molecular formula is C14H11ClN2O4. The largest absolute Gasteiger partial charge is 0.482 e. The average Bonchev–Trinajstić information content (AvgIpc) is 2.86. The van der Waals surface area contributed by atoms with Crippen LogP contribution < -0.4 is 15.4 Å². The first-order chi connectivity index (χ1) is 10.0. The number of furan rings is 1. The van der Waals surface area contributed by atoms with Crippen LogP contribution in [-0.2, 0) is 4.79 Å². The molecule has 1 aromatic carbocycles. The molecule has 0 bridgehead atoms. The van der Waals surface area contributed by atoms with Crippen LogP contribution in [-0.4, -0.2) is 18.4 Å². The van der Waals surface area contributed by atoms with Gasteiger partial charge in [-0.15, -0.1) is 0 Å². The molecule has 1 aliphatic heterocycles. The van der Waals surface area contributed by atoms with Gasteiger partial charge in [0.25, 0.3) is 11.8 Å². The van der Waals surface area contributed by atoms with Crippen molar-refractivity contribution in [1.82, 2.24) is 0 Å². The number of aryl methyl sites for hydroxylation is 1. The van der Waals surface area contributed by atoms with Gasteiger partial charge < -0.3 is 19.8 Å². The third-order valence-electron chi connectivity index (χ3n) is 3.02. The van der Waals surface area contributed by atoms with Crippen molar-refractivity contribution < 1.29 is 18.7 Å². The summed E-state index contributed by atoms with van der Waals surface area (Å²) in [6.45, 7) is 1.70. The summed E-state index contributed by atoms with van der Waals surface area (Å²) in [6.07, 6.45) is 1.44. The van der Waals surface area contributed by atoms with Gasteiger partial charge in [0.05, 0.1) is 22.7 Å². The minimum absolute atomic E-state index is 0.0701. The van der Waals surface area contributed by atoms with Gasteiger partial charge in [-0.3, -0.25) is 9.59 Å². The lowest BCUT2D eigenvalue weighted by molar-refractivity contribution is -0.118. The van der Waals surface area contributed by atoms with Gasteiger partial charge in [-0.2, -0.15) is 0 Å². The molecule has 0 radical (unpaired) electrons. The second-order valence-corrected chi connectivity index (χ2v) is 4.96. The van der Waals surface area contributed by atoms with E-state index in [0.29, 0.717) is 17.1 Å². The molecule has 2 amide bonds. The highest BCUT2D eigenvalue weighted by molar-refractivity contribution is 6.34. The van der Waals surface area contributed by atoms with Gasteiger partial charge in [0.1, 0.15) is 5.75 Å². The summed E-state index contributed by atoms with van der Waals surface area (Å²) in [7, 11) is 0. The number of hydrogen-bond acceptors (Lipinski definition) is 4. The van der Waals surface area contributed by atoms with E-state index in [2.05, 4.69) is 10.6 Å². The monoisotopic (exact) mass is 306 g/mol. The Kier molecular flexibility index (Phi) is 3.31. The summed E-state index contributed by atoms with van der Waals surface area (Å²) < 4.78 is 10.4. The fourth-order valence-corrected chi connectivity index (χ4v) is 2.19. The highest BCUT2D eigenvalue weighted by Gasteiger charge is 2.20. The first-order valence-corrected chi connectivity index (χ1v) is 6.54. The average molecular weight is 307 g/mol. The van der Waals surface area contributed by atoms with Gasteiger partial charge in [0.15, 0.2) is 12.4 Å². The molecule has 0 aliphatic carbocycles. The maximum atomic E-state index is 12.1. The summed E-state index contributed by atoms with van der Waals surface area (Å²) in [6, 6.07) is 4.79. The fourth-order valence-electron chi connectivity index (χ4n) is 1.98. The van der Waals surface area contributed by atoms with E-state index in [9.17, 15) is 9.59 Å². The van der Waals surface area contributed by atoms with Crippen LogP contribution in [0.3, 0.4) is 0 Å². The van der Waals surface area contributed by atoms with Gasteiger partial charge in [-0.25, -0.2) is 0 Å². The Hall–Kier alpha value is -2.47. The molecule has 1 aliphatic rings. The van der Waals surface area contributed by atoms with E-state index >= 15 is 0 Å². The minimum Gasteiger partial charge on any atom is -0.482 e. The molecule has 7 heteroatoms. The quantitative estimate of drug-likeness (QED) is 0.894. The van der Waals surface area contributed by atoms with Crippen molar-refractivity contribution in [3.05, 3.63) is 40.8 Å². The van der Waals surface area contributed by atoms with E-state index in [1.165, 1.54) is 12.3 Å². The number of halogens is 1. The van der Waals surface area contributed by atoms with E-state index in [1.807, 2.05) is 0 Å². The summed E-state index contributed by atoms with van der Waals surface area (Å²) in [4.78, 5) is 23.3. The molecule has 0 fully saturated rings. The van der Waals surface area contributed by atoms with E-state index in [4.69, 9.17) is 20.8 Å². The zero-order chi connectivity index (χ0) is 15.0. The van der Waals surface area contributed by atoms with Gasteiger partial charge >= 0.3 is 0 Å². The third-order valence-corrected chi connectivity index (χ3v) is 3.33. The maximum Gasteiger partial charge on any atom is 0.291 e. The number of amides is 2. The Bertz CT molecular complexity index is 739. The Labute approximate surface area is 125 Å². The lowest BCUT2D eigenvalue weighted by Crippen LogP contribution is -2.25. The summed E-state index contributed by atoms with van der Waals surface area (Å²) in [5.74, 6) is 0.0178. The van der Waals surface area contributed by atoms with Gasteiger partial charge in [0, 0.05) is 11.6 Å². The van der Waals surface area contributed by atoms with Gasteiger partial charge in [-0.1, -0.05) is 11.6 Å². The van der Waals surface area contributed by atoms with Crippen LogP contribution in [0.15, 0.2) is 28.9 Å². The molecule has 2 heterocycles. The molecule has 3 rings (SSSR count). The summed E-state index contributed by atoms with van der Waals surface area (Å²) in [5, 5.41) is 5.58. The smallest absolute Gasteiger partial charge is 0.291 e. The van der Waals surface area contributed by atoms with E-state index in [0.717, 1.165) is 5.56 Å². The highest BCUT2D eigenvalue weighted by atomic mass is 35.5. The van der Waals surface area contributed by atoms with Crippen molar-refractivity contribution in [1.29, 1.82) is 0 Å². The fraction of sp³-hybridized carbons (Fsp3) is 0.143. The maximum absolute atomic E-state index is 12.1. The molecule has 0 saturated heterocycles. The SMILES string of the molecule is Cc1ccoc1C(=O)Nc1cc2c(cc1Cl)NC(=O)CO2. The molecule has 21 heavy (non-hydrogen) atoms. The number of benzene rings is 1. The van der Waals surface area contributed by atoms with Crippen molar-refractivity contribution in [2.75, 3.05) is 17.2 Å². The molecule has 2 N–H and O–H groups in total. The van der Waals surface area contributed by atoms with Crippen LogP contribution in [0.5, 0.6) is 5.75 Å². The summed E-state index contributed by atoms with van der Waals surface area (Å²) in [5.41, 5.74) is 1.58. The highest BCUT2D eigenvalue weighted by Crippen LogP contribution is 2.36. The van der Waals surface area contributed by atoms with Crippen molar-refractivity contribution in [2.45, 2.75) is 6.92 Å². The molecular weight excluding hydrogens is 296 g/mol. The van der Waals surface area contributed by atoms with Crippen molar-refractivity contribution >= 4 is 34.8 Å². The van der Waals surface area contributed by atoms with E-state index in [-0.39, 0.29) is 23.3 Å². The number of rotatable bonds is 2. The Balaban J connectivity index is 1.88. The zero-order valence-electron chi connectivity index (χ0n) is 11.0. The first kappa shape index (κ1) is 13.5. The van der Waals surface area contributed by atoms with Crippen LogP contribution in [0, 0.1) is 6.92 Å². The molecule has 1 aromatic heterocycles. The predicted molar refractivity (Wildman–Crippen MR) is 77.0 cm³/mol. The first-order valence-electron chi connectivity index (χ1n) is 6.16. The van der Waals surface area contributed by atoms with Crippen LogP contribution in [0.2, 0.25) is 5.02 Å². The molecule has 0 spiro atoms. The zero-order valence-corrected chi connectivity index (χ0v) is 11.8. The second-order valence-electron chi connectivity index (χ2n) is 4.55. The van der Waals surface area contributed by atoms with E-state index in [1.54, 1.807) is 19.1 Å². The molecule has 2 aromatic rings. The van der Waals surface area contributed by atoms with Crippen LogP contribution in [0.1, 0.15) is 16.1 Å². The van der Waals surface area contributed by atoms with Crippen LogP contribution in [0.25, 0.3) is 0 Å². The third kappa shape index (κ3) is 2.57. The number of nitrogens with one attached hydrogen (secondary N) is 2. The molecule has 0 atom stereocenters.